The molecule has 3 aromatic rings. The van der Waals surface area contributed by atoms with E-state index < -0.39 is 12.1 Å². The number of carboxylic acid groups (broad SMARTS) is 1. The normalized spacial score (nSPS) is 13.5. The lowest BCUT2D eigenvalue weighted by molar-refractivity contribution is -0.00397. The van der Waals surface area contributed by atoms with Crippen LogP contribution < -0.4 is 5.32 Å². The van der Waals surface area contributed by atoms with Gasteiger partial charge in [0.05, 0.1) is 24.4 Å². The van der Waals surface area contributed by atoms with Crippen molar-refractivity contribution in [1.29, 1.82) is 0 Å². The van der Waals surface area contributed by atoms with Crippen LogP contribution in [0.15, 0.2) is 60.7 Å². The SMILES string of the molecule is Cc1ccc(CC(C)(C)NC[C@H](O)COC(C)c2ccccc2-c2ccc(C(=O)O)c(CC(C)C)c2)cc1F. The van der Waals surface area contributed by atoms with Crippen LogP contribution in [0.5, 0.6) is 0 Å². The molecule has 0 heterocycles. The van der Waals surface area contributed by atoms with Gasteiger partial charge in [-0.3, -0.25) is 0 Å². The first-order chi connectivity index (χ1) is 18.4. The van der Waals surface area contributed by atoms with Gasteiger partial charge in [0.25, 0.3) is 0 Å². The zero-order valence-electron chi connectivity index (χ0n) is 23.9. The van der Waals surface area contributed by atoms with E-state index in [2.05, 4.69) is 19.2 Å². The minimum atomic E-state index is -0.918. The Bertz CT molecular complexity index is 1270. The molecule has 3 N–H and O–H groups in total. The molecule has 3 aromatic carbocycles. The molecule has 210 valence electrons. The van der Waals surface area contributed by atoms with Crippen molar-refractivity contribution in [3.8, 4) is 11.1 Å². The maximum atomic E-state index is 13.9. The van der Waals surface area contributed by atoms with Crippen LogP contribution in [-0.2, 0) is 17.6 Å². The Morgan fingerprint density at radius 1 is 1.05 bits per heavy atom. The smallest absolute Gasteiger partial charge is 0.335 e. The number of aliphatic hydroxyl groups is 1. The molecule has 0 saturated heterocycles. The van der Waals surface area contributed by atoms with Crippen molar-refractivity contribution < 1.29 is 24.1 Å². The van der Waals surface area contributed by atoms with E-state index in [-0.39, 0.29) is 24.1 Å². The third-order valence-electron chi connectivity index (χ3n) is 6.91. The molecule has 39 heavy (non-hydrogen) atoms. The Labute approximate surface area is 232 Å². The van der Waals surface area contributed by atoms with E-state index in [9.17, 15) is 19.4 Å². The number of carboxylic acids is 1. The number of β-amino-alcohol motifs (C(OH)–C–C–N with tert-alkyl or cyclic N) is 1. The van der Waals surface area contributed by atoms with Crippen molar-refractivity contribution in [2.24, 2.45) is 5.92 Å². The van der Waals surface area contributed by atoms with E-state index in [1.54, 1.807) is 25.1 Å². The van der Waals surface area contributed by atoms with Crippen molar-refractivity contribution >= 4 is 5.97 Å². The van der Waals surface area contributed by atoms with Crippen LogP contribution in [-0.4, -0.2) is 41.0 Å². The van der Waals surface area contributed by atoms with Gasteiger partial charge in [0.2, 0.25) is 0 Å². The molecule has 3 rings (SSSR count). The van der Waals surface area contributed by atoms with Crippen LogP contribution in [0.25, 0.3) is 11.1 Å². The molecule has 0 aromatic heterocycles. The van der Waals surface area contributed by atoms with Gasteiger partial charge in [-0.05, 0) is 92.0 Å². The molecule has 0 aliphatic heterocycles. The monoisotopic (exact) mass is 535 g/mol. The number of aryl methyl sites for hydroxylation is 1. The molecule has 0 amide bonds. The summed E-state index contributed by atoms with van der Waals surface area (Å²) >= 11 is 0. The number of carbonyl (C=O) groups is 1. The number of aliphatic hydroxyl groups excluding tert-OH is 1. The molecular formula is C33H42FNO4. The number of halogens is 1. The lowest BCUT2D eigenvalue weighted by Gasteiger charge is -2.28. The van der Waals surface area contributed by atoms with E-state index in [1.807, 2.05) is 63.2 Å². The molecule has 6 heteroatoms. The minimum absolute atomic E-state index is 0.147. The fourth-order valence-corrected chi connectivity index (χ4v) is 4.81. The number of hydrogen-bond acceptors (Lipinski definition) is 4. The first-order valence-corrected chi connectivity index (χ1v) is 13.6. The van der Waals surface area contributed by atoms with Crippen molar-refractivity contribution in [2.75, 3.05) is 13.2 Å². The molecule has 5 nitrogen and oxygen atoms in total. The highest BCUT2D eigenvalue weighted by Gasteiger charge is 2.21. The number of nitrogens with one attached hydrogen (secondary N) is 1. The number of aromatic carboxylic acids is 1. The van der Waals surface area contributed by atoms with E-state index in [0.29, 0.717) is 36.4 Å². The van der Waals surface area contributed by atoms with Gasteiger partial charge in [0, 0.05) is 12.1 Å². The summed E-state index contributed by atoms with van der Waals surface area (Å²) in [6.07, 6.45) is 0.298. The summed E-state index contributed by atoms with van der Waals surface area (Å²) in [7, 11) is 0. The van der Waals surface area contributed by atoms with Crippen molar-refractivity contribution in [3.63, 3.8) is 0 Å². The maximum absolute atomic E-state index is 13.9. The fraction of sp³-hybridized carbons (Fsp3) is 0.424. The first-order valence-electron chi connectivity index (χ1n) is 13.6. The third kappa shape index (κ3) is 8.72. The summed E-state index contributed by atoms with van der Waals surface area (Å²) in [5, 5.41) is 23.6. The Balaban J connectivity index is 1.64. The van der Waals surface area contributed by atoms with Gasteiger partial charge in [0.1, 0.15) is 5.82 Å². The van der Waals surface area contributed by atoms with Crippen molar-refractivity contribution in [3.05, 3.63) is 94.3 Å². The molecular weight excluding hydrogens is 493 g/mol. The quantitative estimate of drug-likeness (QED) is 0.226. The number of ether oxygens (including phenoxy) is 1. The molecule has 0 fully saturated rings. The number of hydrogen-bond donors (Lipinski definition) is 3. The lowest BCUT2D eigenvalue weighted by Crippen LogP contribution is -2.46. The predicted molar refractivity (Wildman–Crippen MR) is 155 cm³/mol. The lowest BCUT2D eigenvalue weighted by atomic mass is 9.91. The summed E-state index contributed by atoms with van der Waals surface area (Å²) < 4.78 is 20.0. The van der Waals surface area contributed by atoms with Gasteiger partial charge in [-0.25, -0.2) is 9.18 Å². The standard InChI is InChI=1S/C33H42FNO4/c1-21(2)15-26-17-25(13-14-30(26)32(37)38)29-10-8-7-9-28(29)23(4)39-20-27(36)19-35-33(5,6)18-24-12-11-22(3)31(34)16-24/h7-14,16-17,21,23,27,35-36H,15,18-20H2,1-6H3,(H,37,38)/t23?,27-/m0/s1. The van der Waals surface area contributed by atoms with Crippen LogP contribution in [0.4, 0.5) is 4.39 Å². The second-order valence-electron chi connectivity index (χ2n) is 11.5. The zero-order valence-corrected chi connectivity index (χ0v) is 23.9. The summed E-state index contributed by atoms with van der Waals surface area (Å²) in [4.78, 5) is 11.7. The average Bonchev–Trinajstić information content (AvgIpc) is 2.87. The molecule has 2 atom stereocenters. The molecule has 0 bridgehead atoms. The van der Waals surface area contributed by atoms with Gasteiger partial charge in [0.15, 0.2) is 0 Å². The van der Waals surface area contributed by atoms with Crippen LogP contribution in [0.1, 0.15) is 73.3 Å². The highest BCUT2D eigenvalue weighted by molar-refractivity contribution is 5.90. The third-order valence-corrected chi connectivity index (χ3v) is 6.91. The van der Waals surface area contributed by atoms with Crippen molar-refractivity contribution in [1.82, 2.24) is 5.32 Å². The Kier molecular flexibility index (Phi) is 10.4. The van der Waals surface area contributed by atoms with Crippen LogP contribution in [0.2, 0.25) is 0 Å². The highest BCUT2D eigenvalue weighted by Crippen LogP contribution is 2.32. The van der Waals surface area contributed by atoms with Crippen LogP contribution >= 0.6 is 0 Å². The molecule has 0 aliphatic carbocycles. The first kappa shape index (κ1) is 30.5. The largest absolute Gasteiger partial charge is 0.478 e. The summed E-state index contributed by atoms with van der Waals surface area (Å²) in [6, 6.07) is 18.7. The summed E-state index contributed by atoms with van der Waals surface area (Å²) in [5.74, 6) is -0.798. The van der Waals surface area contributed by atoms with Gasteiger partial charge >= 0.3 is 5.97 Å². The zero-order chi connectivity index (χ0) is 28.7. The number of benzene rings is 3. The maximum Gasteiger partial charge on any atom is 0.335 e. The van der Waals surface area contributed by atoms with Crippen LogP contribution in [0.3, 0.4) is 0 Å². The van der Waals surface area contributed by atoms with Crippen LogP contribution in [0, 0.1) is 18.7 Å². The van der Waals surface area contributed by atoms with Gasteiger partial charge in [-0.1, -0.05) is 62.4 Å². The van der Waals surface area contributed by atoms with E-state index in [0.717, 1.165) is 27.8 Å². The second-order valence-corrected chi connectivity index (χ2v) is 11.5. The highest BCUT2D eigenvalue weighted by atomic mass is 19.1. The number of rotatable bonds is 13. The van der Waals surface area contributed by atoms with Gasteiger partial charge in [-0.15, -0.1) is 0 Å². The Hall–Kier alpha value is -3.06. The minimum Gasteiger partial charge on any atom is -0.478 e. The van der Waals surface area contributed by atoms with E-state index >= 15 is 0 Å². The van der Waals surface area contributed by atoms with E-state index in [4.69, 9.17) is 4.74 Å². The van der Waals surface area contributed by atoms with Crippen molar-refractivity contribution in [2.45, 2.75) is 72.1 Å². The molecule has 0 aliphatic rings. The second kappa shape index (κ2) is 13.3. The Morgan fingerprint density at radius 3 is 2.44 bits per heavy atom. The van der Waals surface area contributed by atoms with Gasteiger partial charge < -0.3 is 20.3 Å². The molecule has 0 spiro atoms. The predicted octanol–water partition coefficient (Wildman–Crippen LogP) is 6.75. The van der Waals surface area contributed by atoms with Gasteiger partial charge in [-0.2, -0.15) is 0 Å². The molecule has 0 saturated carbocycles. The Morgan fingerprint density at radius 2 is 1.77 bits per heavy atom. The average molecular weight is 536 g/mol. The topological polar surface area (TPSA) is 78.8 Å². The summed E-state index contributed by atoms with van der Waals surface area (Å²) in [6.45, 7) is 12.4. The van der Waals surface area contributed by atoms with E-state index in [1.165, 1.54) is 0 Å². The molecule has 0 radical (unpaired) electrons. The molecule has 1 unspecified atom stereocenters. The fourth-order valence-electron chi connectivity index (χ4n) is 4.81. The summed E-state index contributed by atoms with van der Waals surface area (Å²) in [5.41, 5.74) is 5.23.